The van der Waals surface area contributed by atoms with Crippen LogP contribution in [-0.2, 0) is 0 Å². The van der Waals surface area contributed by atoms with Crippen LogP contribution in [0.2, 0.25) is 0 Å². The Balaban J connectivity index is 1.88. The molecule has 1 saturated carbocycles. The molecule has 18 heavy (non-hydrogen) atoms. The number of hydrogen-bond acceptors (Lipinski definition) is 4. The topological polar surface area (TPSA) is 61.3 Å². The average molecular weight is 246 g/mol. The largest absolute Gasteiger partial charge is 0.497 e. The predicted molar refractivity (Wildman–Crippen MR) is 69.7 cm³/mol. The SMILES string of the molecule is COc1ccc2oc(C3CCC(N)CC3)nc2c1. The molecule has 0 aliphatic heterocycles. The summed E-state index contributed by atoms with van der Waals surface area (Å²) in [6.45, 7) is 0. The van der Waals surface area contributed by atoms with Crippen molar-refractivity contribution in [1.82, 2.24) is 4.98 Å². The molecule has 2 N–H and O–H groups in total. The highest BCUT2D eigenvalue weighted by Gasteiger charge is 2.24. The zero-order valence-corrected chi connectivity index (χ0v) is 10.6. The van der Waals surface area contributed by atoms with Gasteiger partial charge < -0.3 is 14.9 Å². The van der Waals surface area contributed by atoms with Crippen LogP contribution in [0, 0.1) is 0 Å². The molecule has 1 aromatic carbocycles. The van der Waals surface area contributed by atoms with Crippen LogP contribution in [0.5, 0.6) is 5.75 Å². The van der Waals surface area contributed by atoms with Gasteiger partial charge in [-0.1, -0.05) is 0 Å². The maximum Gasteiger partial charge on any atom is 0.198 e. The normalized spacial score (nSPS) is 24.3. The molecule has 1 aliphatic rings. The van der Waals surface area contributed by atoms with Crippen molar-refractivity contribution >= 4 is 11.1 Å². The van der Waals surface area contributed by atoms with E-state index in [4.69, 9.17) is 14.9 Å². The van der Waals surface area contributed by atoms with E-state index in [1.807, 2.05) is 18.2 Å². The van der Waals surface area contributed by atoms with Crippen molar-refractivity contribution in [2.24, 2.45) is 5.73 Å². The fourth-order valence-corrected chi connectivity index (χ4v) is 2.59. The Kier molecular flexibility index (Phi) is 2.96. The zero-order chi connectivity index (χ0) is 12.5. The zero-order valence-electron chi connectivity index (χ0n) is 10.6. The summed E-state index contributed by atoms with van der Waals surface area (Å²) in [5.74, 6) is 2.08. The van der Waals surface area contributed by atoms with Crippen molar-refractivity contribution in [2.75, 3.05) is 7.11 Å². The van der Waals surface area contributed by atoms with Crippen molar-refractivity contribution in [3.8, 4) is 5.75 Å². The lowest BCUT2D eigenvalue weighted by Crippen LogP contribution is -2.25. The quantitative estimate of drug-likeness (QED) is 0.885. The van der Waals surface area contributed by atoms with Crippen LogP contribution in [0.15, 0.2) is 22.6 Å². The number of hydrogen-bond donors (Lipinski definition) is 1. The first kappa shape index (κ1) is 11.5. The number of nitrogens with zero attached hydrogens (tertiary/aromatic N) is 1. The van der Waals surface area contributed by atoms with E-state index in [9.17, 15) is 0 Å². The minimum Gasteiger partial charge on any atom is -0.497 e. The first-order valence-corrected chi connectivity index (χ1v) is 6.46. The molecule has 96 valence electrons. The van der Waals surface area contributed by atoms with Gasteiger partial charge in [0.1, 0.15) is 11.3 Å². The maximum atomic E-state index is 5.92. The van der Waals surface area contributed by atoms with Gasteiger partial charge in [-0.05, 0) is 37.8 Å². The number of fused-ring (bicyclic) bond motifs is 1. The summed E-state index contributed by atoms with van der Waals surface area (Å²) in [6.07, 6.45) is 4.27. The Hall–Kier alpha value is -1.55. The smallest absolute Gasteiger partial charge is 0.198 e. The van der Waals surface area contributed by atoms with Gasteiger partial charge in [-0.3, -0.25) is 0 Å². The van der Waals surface area contributed by atoms with Crippen molar-refractivity contribution in [3.05, 3.63) is 24.1 Å². The second kappa shape index (κ2) is 4.61. The van der Waals surface area contributed by atoms with Crippen molar-refractivity contribution in [2.45, 2.75) is 37.6 Å². The summed E-state index contributed by atoms with van der Waals surface area (Å²) in [7, 11) is 1.66. The Morgan fingerprint density at radius 2 is 2.06 bits per heavy atom. The number of nitrogens with two attached hydrogens (primary N) is 1. The number of methoxy groups -OCH3 is 1. The second-order valence-electron chi connectivity index (χ2n) is 5.00. The van der Waals surface area contributed by atoms with E-state index in [-0.39, 0.29) is 0 Å². The monoisotopic (exact) mass is 246 g/mol. The first-order chi connectivity index (χ1) is 8.76. The third kappa shape index (κ3) is 2.08. The third-order valence-electron chi connectivity index (χ3n) is 3.73. The lowest BCUT2D eigenvalue weighted by Gasteiger charge is -2.23. The molecule has 1 heterocycles. The van der Waals surface area contributed by atoms with Gasteiger partial charge in [0.25, 0.3) is 0 Å². The Labute approximate surface area is 106 Å². The molecule has 4 nitrogen and oxygen atoms in total. The van der Waals surface area contributed by atoms with Crippen molar-refractivity contribution in [1.29, 1.82) is 0 Å². The van der Waals surface area contributed by atoms with Crippen LogP contribution in [0.1, 0.15) is 37.5 Å². The Morgan fingerprint density at radius 3 is 2.78 bits per heavy atom. The van der Waals surface area contributed by atoms with Crippen LogP contribution in [0.25, 0.3) is 11.1 Å². The molecule has 0 amide bonds. The van der Waals surface area contributed by atoms with Gasteiger partial charge >= 0.3 is 0 Å². The summed E-state index contributed by atoms with van der Waals surface area (Å²) in [5.41, 5.74) is 7.63. The summed E-state index contributed by atoms with van der Waals surface area (Å²) in [5, 5.41) is 0. The molecule has 4 heteroatoms. The molecule has 2 aromatic rings. The Morgan fingerprint density at radius 1 is 1.28 bits per heavy atom. The molecular formula is C14H18N2O2. The standard InChI is InChI=1S/C14H18N2O2/c1-17-11-6-7-13-12(8-11)16-14(18-13)9-2-4-10(15)5-3-9/h6-10H,2-5,15H2,1H3. The van der Waals surface area contributed by atoms with E-state index in [2.05, 4.69) is 4.98 Å². The van der Waals surface area contributed by atoms with Gasteiger partial charge in [0.2, 0.25) is 0 Å². The van der Waals surface area contributed by atoms with E-state index >= 15 is 0 Å². The molecule has 0 spiro atoms. The van der Waals surface area contributed by atoms with Crippen molar-refractivity contribution < 1.29 is 9.15 Å². The molecule has 0 radical (unpaired) electrons. The highest BCUT2D eigenvalue weighted by atomic mass is 16.5. The Bertz CT molecular complexity index is 542. The van der Waals surface area contributed by atoms with Gasteiger partial charge in [0.15, 0.2) is 11.5 Å². The molecule has 0 saturated heterocycles. The lowest BCUT2D eigenvalue weighted by molar-refractivity contribution is 0.346. The van der Waals surface area contributed by atoms with E-state index in [0.717, 1.165) is 48.4 Å². The number of rotatable bonds is 2. The fraction of sp³-hybridized carbons (Fsp3) is 0.500. The van der Waals surface area contributed by atoms with E-state index in [0.29, 0.717) is 12.0 Å². The molecule has 0 atom stereocenters. The molecular weight excluding hydrogens is 228 g/mol. The van der Waals surface area contributed by atoms with Crippen LogP contribution >= 0.6 is 0 Å². The number of aromatic nitrogens is 1. The highest BCUT2D eigenvalue weighted by Crippen LogP contribution is 2.33. The highest BCUT2D eigenvalue weighted by molar-refractivity contribution is 5.74. The van der Waals surface area contributed by atoms with Gasteiger partial charge in [-0.25, -0.2) is 4.98 Å². The molecule has 1 aliphatic carbocycles. The molecule has 1 aromatic heterocycles. The predicted octanol–water partition coefficient (Wildman–Crippen LogP) is 2.82. The van der Waals surface area contributed by atoms with Crippen LogP contribution in [0.3, 0.4) is 0 Å². The van der Waals surface area contributed by atoms with Gasteiger partial charge in [-0.2, -0.15) is 0 Å². The average Bonchev–Trinajstić information content (AvgIpc) is 2.82. The van der Waals surface area contributed by atoms with Crippen LogP contribution in [-0.4, -0.2) is 18.1 Å². The molecule has 1 fully saturated rings. The second-order valence-corrected chi connectivity index (χ2v) is 5.00. The molecule has 0 bridgehead atoms. The van der Waals surface area contributed by atoms with E-state index < -0.39 is 0 Å². The van der Waals surface area contributed by atoms with E-state index in [1.54, 1.807) is 7.11 Å². The summed E-state index contributed by atoms with van der Waals surface area (Å²) in [4.78, 5) is 4.58. The van der Waals surface area contributed by atoms with Crippen LogP contribution in [0.4, 0.5) is 0 Å². The van der Waals surface area contributed by atoms with Gasteiger partial charge in [-0.15, -0.1) is 0 Å². The summed E-state index contributed by atoms with van der Waals surface area (Å²) >= 11 is 0. The minimum atomic E-state index is 0.353. The fourth-order valence-electron chi connectivity index (χ4n) is 2.59. The first-order valence-electron chi connectivity index (χ1n) is 6.46. The lowest BCUT2D eigenvalue weighted by atomic mass is 9.86. The van der Waals surface area contributed by atoms with Crippen LogP contribution < -0.4 is 10.5 Å². The number of oxazole rings is 1. The van der Waals surface area contributed by atoms with Gasteiger partial charge in [0, 0.05) is 18.0 Å². The van der Waals surface area contributed by atoms with Crippen molar-refractivity contribution in [3.63, 3.8) is 0 Å². The maximum absolute atomic E-state index is 5.92. The van der Waals surface area contributed by atoms with Gasteiger partial charge in [0.05, 0.1) is 7.11 Å². The molecule has 3 rings (SSSR count). The third-order valence-corrected chi connectivity index (χ3v) is 3.73. The number of ether oxygens (including phenoxy) is 1. The molecule has 0 unspecified atom stereocenters. The minimum absolute atomic E-state index is 0.353. The number of benzene rings is 1. The summed E-state index contributed by atoms with van der Waals surface area (Å²) < 4.78 is 11.0. The summed E-state index contributed by atoms with van der Waals surface area (Å²) in [6, 6.07) is 6.08. The van der Waals surface area contributed by atoms with E-state index in [1.165, 1.54) is 0 Å².